The second kappa shape index (κ2) is 5.27. The molecule has 1 amide bonds. The smallest absolute Gasteiger partial charge is 0.219 e. The summed E-state index contributed by atoms with van der Waals surface area (Å²) in [4.78, 5) is 27.6. The lowest BCUT2D eigenvalue weighted by molar-refractivity contribution is -0.129. The zero-order valence-electron chi connectivity index (χ0n) is 11.8. The Hall–Kier alpha value is -1.84. The predicted molar refractivity (Wildman–Crippen MR) is 78.0 cm³/mol. The zero-order valence-corrected chi connectivity index (χ0v) is 11.8. The van der Waals surface area contributed by atoms with E-state index in [1.807, 2.05) is 29.2 Å². The Kier molecular flexibility index (Phi) is 3.47. The SMILES string of the molecule is CC(=O)N1CCC(N2CCC(=O)c3ccccc32)CC1. The van der Waals surface area contributed by atoms with E-state index in [0.29, 0.717) is 12.5 Å². The average molecular weight is 272 g/mol. The van der Waals surface area contributed by atoms with Crippen molar-refractivity contribution in [1.82, 2.24) is 4.90 Å². The lowest BCUT2D eigenvalue weighted by atomic mass is 9.95. The number of benzene rings is 1. The minimum absolute atomic E-state index is 0.165. The number of carbonyl (C=O) groups excluding carboxylic acids is 2. The van der Waals surface area contributed by atoms with Crippen molar-refractivity contribution in [1.29, 1.82) is 0 Å². The van der Waals surface area contributed by atoms with Gasteiger partial charge >= 0.3 is 0 Å². The van der Waals surface area contributed by atoms with E-state index in [0.717, 1.165) is 43.7 Å². The molecule has 4 heteroatoms. The van der Waals surface area contributed by atoms with Crippen molar-refractivity contribution in [3.8, 4) is 0 Å². The van der Waals surface area contributed by atoms with Gasteiger partial charge in [0.1, 0.15) is 0 Å². The second-order valence-electron chi connectivity index (χ2n) is 5.62. The molecule has 2 aliphatic rings. The number of Topliss-reactive ketones (excluding diaryl/α,β-unsaturated/α-hetero) is 1. The zero-order chi connectivity index (χ0) is 14.1. The quantitative estimate of drug-likeness (QED) is 0.786. The number of amides is 1. The van der Waals surface area contributed by atoms with E-state index in [1.54, 1.807) is 6.92 Å². The number of fused-ring (bicyclic) bond motifs is 1. The fourth-order valence-corrected chi connectivity index (χ4v) is 3.31. The molecule has 3 rings (SSSR count). The molecule has 0 bridgehead atoms. The highest BCUT2D eigenvalue weighted by Crippen LogP contribution is 2.31. The number of hydrogen-bond donors (Lipinski definition) is 0. The molecule has 0 N–H and O–H groups in total. The van der Waals surface area contributed by atoms with Crippen molar-refractivity contribution in [3.05, 3.63) is 29.8 Å². The van der Waals surface area contributed by atoms with Gasteiger partial charge in [-0.2, -0.15) is 0 Å². The molecule has 20 heavy (non-hydrogen) atoms. The first-order valence-corrected chi connectivity index (χ1v) is 7.31. The molecule has 0 unspecified atom stereocenters. The Morgan fingerprint density at radius 1 is 1.15 bits per heavy atom. The number of para-hydroxylation sites is 1. The molecule has 0 radical (unpaired) electrons. The van der Waals surface area contributed by atoms with Crippen LogP contribution in [0, 0.1) is 0 Å². The fraction of sp³-hybridized carbons (Fsp3) is 0.500. The predicted octanol–water partition coefficient (Wildman–Crippen LogP) is 2.09. The third-order valence-electron chi connectivity index (χ3n) is 4.44. The van der Waals surface area contributed by atoms with E-state index >= 15 is 0 Å². The first-order valence-electron chi connectivity index (χ1n) is 7.31. The first-order chi connectivity index (χ1) is 9.66. The third kappa shape index (κ3) is 2.30. The number of anilines is 1. The van der Waals surface area contributed by atoms with Gasteiger partial charge in [0.05, 0.1) is 0 Å². The minimum atomic E-state index is 0.165. The summed E-state index contributed by atoms with van der Waals surface area (Å²) in [7, 11) is 0. The number of hydrogen-bond acceptors (Lipinski definition) is 3. The molecule has 4 nitrogen and oxygen atoms in total. The van der Waals surface area contributed by atoms with E-state index in [4.69, 9.17) is 0 Å². The summed E-state index contributed by atoms with van der Waals surface area (Å²) in [5.41, 5.74) is 1.93. The van der Waals surface area contributed by atoms with Crippen LogP contribution in [0.3, 0.4) is 0 Å². The van der Waals surface area contributed by atoms with Crippen LogP contribution in [0.15, 0.2) is 24.3 Å². The van der Waals surface area contributed by atoms with E-state index in [9.17, 15) is 9.59 Å². The van der Waals surface area contributed by atoms with Gasteiger partial charge in [-0.15, -0.1) is 0 Å². The largest absolute Gasteiger partial charge is 0.367 e. The van der Waals surface area contributed by atoms with Gasteiger partial charge in [0.2, 0.25) is 5.91 Å². The van der Waals surface area contributed by atoms with Crippen LogP contribution in [0.25, 0.3) is 0 Å². The van der Waals surface area contributed by atoms with E-state index < -0.39 is 0 Å². The maximum Gasteiger partial charge on any atom is 0.219 e. The van der Waals surface area contributed by atoms with Gasteiger partial charge in [-0.3, -0.25) is 9.59 Å². The highest BCUT2D eigenvalue weighted by Gasteiger charge is 2.30. The lowest BCUT2D eigenvalue weighted by Crippen LogP contribution is -2.48. The summed E-state index contributed by atoms with van der Waals surface area (Å²) in [6.07, 6.45) is 2.58. The van der Waals surface area contributed by atoms with Gasteiger partial charge in [0.25, 0.3) is 0 Å². The maximum atomic E-state index is 12.0. The van der Waals surface area contributed by atoms with Gasteiger partial charge < -0.3 is 9.80 Å². The van der Waals surface area contributed by atoms with Crippen molar-refractivity contribution in [2.45, 2.75) is 32.2 Å². The van der Waals surface area contributed by atoms with E-state index in [2.05, 4.69) is 4.90 Å². The van der Waals surface area contributed by atoms with Gasteiger partial charge in [-0.1, -0.05) is 12.1 Å². The number of piperidine rings is 1. The average Bonchev–Trinajstić information content (AvgIpc) is 2.48. The van der Waals surface area contributed by atoms with E-state index in [-0.39, 0.29) is 11.7 Å². The molecule has 1 saturated heterocycles. The Balaban J connectivity index is 1.78. The maximum absolute atomic E-state index is 12.0. The van der Waals surface area contributed by atoms with Crippen LogP contribution in [0.4, 0.5) is 5.69 Å². The van der Waals surface area contributed by atoms with Gasteiger partial charge in [0, 0.05) is 50.3 Å². The van der Waals surface area contributed by atoms with Gasteiger partial charge in [0.15, 0.2) is 5.78 Å². The first kappa shape index (κ1) is 13.2. The summed E-state index contributed by atoms with van der Waals surface area (Å²) in [6, 6.07) is 8.34. The minimum Gasteiger partial charge on any atom is -0.367 e. The number of carbonyl (C=O) groups is 2. The molecule has 2 aliphatic heterocycles. The molecule has 0 atom stereocenters. The molecule has 106 valence electrons. The number of rotatable bonds is 1. The molecular formula is C16H20N2O2. The number of ketones is 1. The number of nitrogens with zero attached hydrogens (tertiary/aromatic N) is 2. The highest BCUT2D eigenvalue weighted by atomic mass is 16.2. The standard InChI is InChI=1S/C16H20N2O2/c1-12(19)17-9-6-13(7-10-17)18-11-8-16(20)14-4-2-3-5-15(14)18/h2-5,13H,6-11H2,1H3. The van der Waals surface area contributed by atoms with Crippen LogP contribution >= 0.6 is 0 Å². The molecule has 1 fully saturated rings. The van der Waals surface area contributed by atoms with Crippen LogP contribution in [0.5, 0.6) is 0 Å². The van der Waals surface area contributed by atoms with Crippen molar-refractivity contribution < 1.29 is 9.59 Å². The van der Waals surface area contributed by atoms with Crippen molar-refractivity contribution in [2.24, 2.45) is 0 Å². The van der Waals surface area contributed by atoms with E-state index in [1.165, 1.54) is 0 Å². The molecule has 0 saturated carbocycles. The van der Waals surface area contributed by atoms with Crippen molar-refractivity contribution in [3.63, 3.8) is 0 Å². The Labute approximate surface area is 119 Å². The second-order valence-corrected chi connectivity index (χ2v) is 5.62. The molecule has 0 aliphatic carbocycles. The Morgan fingerprint density at radius 2 is 1.85 bits per heavy atom. The molecule has 1 aromatic carbocycles. The number of likely N-dealkylation sites (tertiary alicyclic amines) is 1. The van der Waals surface area contributed by atoms with Crippen LogP contribution in [-0.2, 0) is 4.79 Å². The van der Waals surface area contributed by atoms with Crippen LogP contribution in [0.1, 0.15) is 36.5 Å². The summed E-state index contributed by atoms with van der Waals surface area (Å²) in [6.45, 7) is 4.09. The van der Waals surface area contributed by atoms with Crippen molar-refractivity contribution >= 4 is 17.4 Å². The molecule has 0 spiro atoms. The van der Waals surface area contributed by atoms with Gasteiger partial charge in [-0.25, -0.2) is 0 Å². The highest BCUT2D eigenvalue weighted by molar-refractivity contribution is 6.03. The van der Waals surface area contributed by atoms with Crippen LogP contribution in [-0.4, -0.2) is 42.3 Å². The van der Waals surface area contributed by atoms with Crippen LogP contribution in [0.2, 0.25) is 0 Å². The summed E-state index contributed by atoms with van der Waals surface area (Å²) in [5.74, 6) is 0.413. The third-order valence-corrected chi connectivity index (χ3v) is 4.44. The fourth-order valence-electron chi connectivity index (χ4n) is 3.31. The lowest BCUT2D eigenvalue weighted by Gasteiger charge is -2.41. The topological polar surface area (TPSA) is 40.6 Å². The molecule has 1 aromatic rings. The van der Waals surface area contributed by atoms with Crippen molar-refractivity contribution in [2.75, 3.05) is 24.5 Å². The van der Waals surface area contributed by atoms with Gasteiger partial charge in [-0.05, 0) is 25.0 Å². The molecule has 2 heterocycles. The van der Waals surface area contributed by atoms with Crippen LogP contribution < -0.4 is 4.90 Å². The summed E-state index contributed by atoms with van der Waals surface area (Å²) >= 11 is 0. The summed E-state index contributed by atoms with van der Waals surface area (Å²) in [5, 5.41) is 0. The molecular weight excluding hydrogens is 252 g/mol. The Bertz CT molecular complexity index is 533. The monoisotopic (exact) mass is 272 g/mol. The Morgan fingerprint density at radius 3 is 2.55 bits per heavy atom. The summed E-state index contributed by atoms with van der Waals surface area (Å²) < 4.78 is 0. The normalized spacial score (nSPS) is 19.9. The molecule has 0 aromatic heterocycles.